The van der Waals surface area contributed by atoms with Crippen molar-refractivity contribution in [3.05, 3.63) is 69.0 Å². The number of ether oxygens (including phenoxy) is 1. The summed E-state index contributed by atoms with van der Waals surface area (Å²) in [6, 6.07) is 11.0. The Morgan fingerprint density at radius 1 is 1.30 bits per heavy atom. The fraction of sp³-hybridized carbons (Fsp3) is 0.200. The first-order chi connectivity index (χ1) is 12.8. The molecule has 0 radical (unpaired) electrons. The quantitative estimate of drug-likeness (QED) is 0.533. The molecular formula is C20H17Cl2FN2O2. The molecule has 0 bridgehead atoms. The molecule has 0 saturated carbocycles. The summed E-state index contributed by atoms with van der Waals surface area (Å²) in [5.41, 5.74) is 0.764. The van der Waals surface area contributed by atoms with Gasteiger partial charge >= 0.3 is 0 Å². The number of amides is 1. The standard InChI is InChI=1S/C20H17Cl2FN2O2/c1-12(2)25-20(26)15(10-24)7-13-8-16(21)19(17(22)9-13)27-11-14-5-3-4-6-18(14)23/h3-9,12H,11H2,1-2H3,(H,25,26)/b15-7-. The number of carbonyl (C=O) groups is 1. The smallest absolute Gasteiger partial charge is 0.262 e. The SMILES string of the molecule is CC(C)NC(=O)/C(C#N)=C\c1cc(Cl)c(OCc2ccccc2F)c(Cl)c1. The average molecular weight is 407 g/mol. The predicted molar refractivity (Wildman–Crippen MR) is 104 cm³/mol. The second-order valence-electron chi connectivity index (χ2n) is 5.99. The predicted octanol–water partition coefficient (Wildman–Crippen LogP) is 5.14. The van der Waals surface area contributed by atoms with Gasteiger partial charge in [0.2, 0.25) is 0 Å². The van der Waals surface area contributed by atoms with Crippen LogP contribution in [0, 0.1) is 17.1 Å². The minimum atomic E-state index is -0.486. The van der Waals surface area contributed by atoms with Crippen molar-refractivity contribution in [2.75, 3.05) is 0 Å². The first-order valence-electron chi connectivity index (χ1n) is 8.09. The molecule has 0 aliphatic carbocycles. The number of nitriles is 1. The van der Waals surface area contributed by atoms with Crippen LogP contribution in [0.5, 0.6) is 5.75 Å². The van der Waals surface area contributed by atoms with Crippen molar-refractivity contribution in [1.29, 1.82) is 5.26 Å². The average Bonchev–Trinajstić information content (AvgIpc) is 2.59. The maximum absolute atomic E-state index is 13.7. The van der Waals surface area contributed by atoms with Gasteiger partial charge < -0.3 is 10.1 Å². The third kappa shape index (κ3) is 5.72. The van der Waals surface area contributed by atoms with E-state index in [2.05, 4.69) is 5.32 Å². The van der Waals surface area contributed by atoms with Crippen LogP contribution in [-0.2, 0) is 11.4 Å². The molecule has 0 unspecified atom stereocenters. The van der Waals surface area contributed by atoms with E-state index in [4.69, 9.17) is 27.9 Å². The molecule has 2 aromatic carbocycles. The fourth-order valence-electron chi connectivity index (χ4n) is 2.22. The van der Waals surface area contributed by atoms with Gasteiger partial charge in [-0.2, -0.15) is 5.26 Å². The van der Waals surface area contributed by atoms with Gasteiger partial charge in [0.15, 0.2) is 5.75 Å². The Balaban J connectivity index is 2.23. The lowest BCUT2D eigenvalue weighted by molar-refractivity contribution is -0.117. The van der Waals surface area contributed by atoms with Gasteiger partial charge in [0.25, 0.3) is 5.91 Å². The van der Waals surface area contributed by atoms with Crippen LogP contribution >= 0.6 is 23.2 Å². The lowest BCUT2D eigenvalue weighted by Gasteiger charge is -2.12. The zero-order valence-electron chi connectivity index (χ0n) is 14.7. The molecule has 0 spiro atoms. The van der Waals surface area contributed by atoms with Crippen molar-refractivity contribution in [3.63, 3.8) is 0 Å². The molecule has 0 atom stereocenters. The molecule has 0 aromatic heterocycles. The summed E-state index contributed by atoms with van der Waals surface area (Å²) >= 11 is 12.4. The molecule has 1 N–H and O–H groups in total. The van der Waals surface area contributed by atoms with Crippen molar-refractivity contribution >= 4 is 35.2 Å². The van der Waals surface area contributed by atoms with Crippen LogP contribution in [0.3, 0.4) is 0 Å². The summed E-state index contributed by atoms with van der Waals surface area (Å²) < 4.78 is 19.2. The Hall–Kier alpha value is -2.55. The maximum Gasteiger partial charge on any atom is 0.262 e. The third-order valence-corrected chi connectivity index (χ3v) is 4.01. The zero-order chi connectivity index (χ0) is 20.0. The van der Waals surface area contributed by atoms with Gasteiger partial charge in [0, 0.05) is 11.6 Å². The molecule has 140 valence electrons. The molecule has 2 rings (SSSR count). The number of hydrogen-bond acceptors (Lipinski definition) is 3. The first-order valence-corrected chi connectivity index (χ1v) is 8.85. The Bertz CT molecular complexity index is 897. The highest BCUT2D eigenvalue weighted by molar-refractivity contribution is 6.37. The van der Waals surface area contributed by atoms with Crippen LogP contribution in [0.15, 0.2) is 42.0 Å². The van der Waals surface area contributed by atoms with E-state index in [0.29, 0.717) is 11.1 Å². The summed E-state index contributed by atoms with van der Waals surface area (Å²) in [7, 11) is 0. The zero-order valence-corrected chi connectivity index (χ0v) is 16.2. The van der Waals surface area contributed by atoms with Crippen LogP contribution in [0.4, 0.5) is 4.39 Å². The monoisotopic (exact) mass is 406 g/mol. The number of nitrogens with zero attached hydrogens (tertiary/aromatic N) is 1. The molecule has 0 saturated heterocycles. The van der Waals surface area contributed by atoms with E-state index in [1.54, 1.807) is 32.0 Å². The lowest BCUT2D eigenvalue weighted by Crippen LogP contribution is -2.30. The first kappa shape index (κ1) is 20.8. The van der Waals surface area contributed by atoms with Crippen molar-refractivity contribution in [1.82, 2.24) is 5.32 Å². The second kappa shape index (κ2) is 9.40. The molecule has 0 aliphatic rings. The lowest BCUT2D eigenvalue weighted by atomic mass is 10.1. The molecule has 2 aromatic rings. The Morgan fingerprint density at radius 3 is 2.48 bits per heavy atom. The van der Waals surface area contributed by atoms with Gasteiger partial charge in [-0.05, 0) is 43.7 Å². The highest BCUT2D eigenvalue weighted by Gasteiger charge is 2.14. The van der Waals surface area contributed by atoms with E-state index in [1.807, 2.05) is 6.07 Å². The number of carbonyl (C=O) groups excluding carboxylic acids is 1. The minimum absolute atomic E-state index is 0.0401. The molecule has 1 amide bonds. The van der Waals surface area contributed by atoms with Crippen molar-refractivity contribution in [3.8, 4) is 11.8 Å². The van der Waals surface area contributed by atoms with Gasteiger partial charge in [-0.1, -0.05) is 41.4 Å². The number of benzene rings is 2. The Kier molecular flexibility index (Phi) is 7.23. The summed E-state index contributed by atoms with van der Waals surface area (Å²) in [5.74, 6) is -0.678. The maximum atomic E-state index is 13.7. The fourth-order valence-corrected chi connectivity index (χ4v) is 2.83. The molecule has 4 nitrogen and oxygen atoms in total. The van der Waals surface area contributed by atoms with Crippen LogP contribution in [0.1, 0.15) is 25.0 Å². The molecule has 7 heteroatoms. The number of hydrogen-bond donors (Lipinski definition) is 1. The Labute approximate surface area is 167 Å². The van der Waals surface area contributed by atoms with Crippen LogP contribution in [0.2, 0.25) is 10.0 Å². The van der Waals surface area contributed by atoms with Gasteiger partial charge in [-0.25, -0.2) is 4.39 Å². The highest BCUT2D eigenvalue weighted by atomic mass is 35.5. The molecule has 0 aliphatic heterocycles. The largest absolute Gasteiger partial charge is 0.486 e. The van der Waals surface area contributed by atoms with Gasteiger partial charge in [-0.15, -0.1) is 0 Å². The van der Waals surface area contributed by atoms with E-state index in [1.165, 1.54) is 24.3 Å². The molecule has 27 heavy (non-hydrogen) atoms. The van der Waals surface area contributed by atoms with Gasteiger partial charge in [0.1, 0.15) is 24.1 Å². The summed E-state index contributed by atoms with van der Waals surface area (Å²) in [6.45, 7) is 3.55. The summed E-state index contributed by atoms with van der Waals surface area (Å²) in [5, 5.41) is 12.2. The highest BCUT2D eigenvalue weighted by Crippen LogP contribution is 2.35. The van der Waals surface area contributed by atoms with Gasteiger partial charge in [-0.3, -0.25) is 4.79 Å². The van der Waals surface area contributed by atoms with Crippen LogP contribution < -0.4 is 10.1 Å². The van der Waals surface area contributed by atoms with Crippen molar-refractivity contribution in [2.45, 2.75) is 26.5 Å². The van der Waals surface area contributed by atoms with E-state index in [9.17, 15) is 14.4 Å². The molecule has 0 heterocycles. The van der Waals surface area contributed by atoms with E-state index < -0.39 is 5.91 Å². The van der Waals surface area contributed by atoms with E-state index in [0.717, 1.165) is 0 Å². The van der Waals surface area contributed by atoms with Crippen molar-refractivity contribution < 1.29 is 13.9 Å². The number of nitrogens with one attached hydrogen (secondary N) is 1. The summed E-state index contributed by atoms with van der Waals surface area (Å²) in [6.07, 6.45) is 1.39. The van der Waals surface area contributed by atoms with Crippen molar-refractivity contribution in [2.24, 2.45) is 0 Å². The van der Waals surface area contributed by atoms with Crippen LogP contribution in [0.25, 0.3) is 6.08 Å². The normalized spacial score (nSPS) is 11.2. The van der Waals surface area contributed by atoms with Gasteiger partial charge in [0.05, 0.1) is 10.0 Å². The third-order valence-electron chi connectivity index (χ3n) is 3.45. The molecular weight excluding hydrogens is 390 g/mol. The van der Waals surface area contributed by atoms with E-state index in [-0.39, 0.29) is 39.8 Å². The number of halogens is 3. The van der Waals surface area contributed by atoms with Crippen LogP contribution in [-0.4, -0.2) is 11.9 Å². The summed E-state index contributed by atoms with van der Waals surface area (Å²) in [4.78, 5) is 12.0. The number of rotatable bonds is 6. The van der Waals surface area contributed by atoms with E-state index >= 15 is 0 Å². The second-order valence-corrected chi connectivity index (χ2v) is 6.81. The molecule has 0 fully saturated rings. The topological polar surface area (TPSA) is 62.1 Å². The Morgan fingerprint density at radius 2 is 1.93 bits per heavy atom. The minimum Gasteiger partial charge on any atom is -0.486 e.